The number of amides is 3. The van der Waals surface area contributed by atoms with Gasteiger partial charge in [-0.2, -0.15) is 0 Å². The van der Waals surface area contributed by atoms with E-state index in [0.717, 1.165) is 25.7 Å². The van der Waals surface area contributed by atoms with Crippen LogP contribution in [0.3, 0.4) is 0 Å². The van der Waals surface area contributed by atoms with Crippen molar-refractivity contribution >= 4 is 11.9 Å². The molecule has 98 valence electrons. The third-order valence-corrected chi connectivity index (χ3v) is 3.30. The lowest BCUT2D eigenvalue weighted by molar-refractivity contribution is -0.119. The number of hydrogen-bond acceptors (Lipinski definition) is 4. The number of imide groups is 1. The van der Waals surface area contributed by atoms with Crippen LogP contribution in [-0.4, -0.2) is 36.7 Å². The molecule has 1 aliphatic carbocycles. The van der Waals surface area contributed by atoms with Crippen LogP contribution >= 0.6 is 0 Å². The second-order valence-corrected chi connectivity index (χ2v) is 4.73. The summed E-state index contributed by atoms with van der Waals surface area (Å²) >= 11 is 0. The Hall–Kier alpha value is -1.14. The highest BCUT2D eigenvalue weighted by atomic mass is 16.3. The van der Waals surface area contributed by atoms with Crippen molar-refractivity contribution in [3.63, 3.8) is 0 Å². The van der Waals surface area contributed by atoms with Crippen molar-refractivity contribution in [2.45, 2.75) is 32.1 Å². The Labute approximate surface area is 101 Å². The van der Waals surface area contributed by atoms with Crippen molar-refractivity contribution in [2.75, 3.05) is 19.7 Å². The summed E-state index contributed by atoms with van der Waals surface area (Å²) < 4.78 is 0. The fourth-order valence-electron chi connectivity index (χ4n) is 2.32. The number of nitrogens with one attached hydrogen (secondary N) is 2. The molecule has 0 heterocycles. The average Bonchev–Trinajstić information content (AvgIpc) is 2.29. The lowest BCUT2D eigenvalue weighted by Crippen LogP contribution is -2.45. The molecular formula is C11H21N3O3. The number of nitrogens with two attached hydrogens (primary N) is 1. The number of primary amides is 1. The van der Waals surface area contributed by atoms with E-state index in [1.165, 1.54) is 6.42 Å². The van der Waals surface area contributed by atoms with Gasteiger partial charge in [-0.05, 0) is 12.8 Å². The maximum absolute atomic E-state index is 11.2. The molecule has 6 nitrogen and oxygen atoms in total. The molecule has 17 heavy (non-hydrogen) atoms. The highest BCUT2D eigenvalue weighted by Crippen LogP contribution is 2.34. The number of urea groups is 1. The molecule has 0 bridgehead atoms. The predicted octanol–water partition coefficient (Wildman–Crippen LogP) is -0.286. The molecule has 0 saturated heterocycles. The van der Waals surface area contributed by atoms with Gasteiger partial charge in [0.15, 0.2) is 0 Å². The van der Waals surface area contributed by atoms with Gasteiger partial charge in [0.1, 0.15) is 0 Å². The van der Waals surface area contributed by atoms with Gasteiger partial charge in [-0.3, -0.25) is 10.1 Å². The molecule has 0 aliphatic heterocycles. The zero-order chi connectivity index (χ0) is 12.7. The minimum Gasteiger partial charge on any atom is -0.396 e. The van der Waals surface area contributed by atoms with Gasteiger partial charge >= 0.3 is 6.03 Å². The van der Waals surface area contributed by atoms with Crippen molar-refractivity contribution in [3.8, 4) is 0 Å². The Morgan fingerprint density at radius 2 is 1.88 bits per heavy atom. The fraction of sp³-hybridized carbons (Fsp3) is 0.818. The molecule has 0 atom stereocenters. The molecule has 0 aromatic carbocycles. The molecule has 1 saturated carbocycles. The van der Waals surface area contributed by atoms with E-state index in [4.69, 9.17) is 5.73 Å². The lowest BCUT2D eigenvalue weighted by atomic mass is 9.74. The van der Waals surface area contributed by atoms with Crippen LogP contribution in [0.4, 0.5) is 4.79 Å². The standard InChI is InChI=1S/C11H21N3O3/c12-10(17)14-9(16)6-13-7-11(8-15)4-2-1-3-5-11/h13,15H,1-8H2,(H3,12,14,16,17). The molecule has 0 radical (unpaired) electrons. The summed E-state index contributed by atoms with van der Waals surface area (Å²) in [4.78, 5) is 21.6. The summed E-state index contributed by atoms with van der Waals surface area (Å²) in [6.07, 6.45) is 5.41. The Morgan fingerprint density at radius 1 is 1.24 bits per heavy atom. The van der Waals surface area contributed by atoms with Gasteiger partial charge in [-0.1, -0.05) is 19.3 Å². The summed E-state index contributed by atoms with van der Waals surface area (Å²) in [5, 5.41) is 14.4. The molecule has 0 aromatic heterocycles. The van der Waals surface area contributed by atoms with Crippen LogP contribution in [0, 0.1) is 5.41 Å². The van der Waals surface area contributed by atoms with Crippen molar-refractivity contribution < 1.29 is 14.7 Å². The van der Waals surface area contributed by atoms with E-state index in [0.29, 0.717) is 6.54 Å². The maximum Gasteiger partial charge on any atom is 0.318 e. The summed E-state index contributed by atoms with van der Waals surface area (Å²) in [7, 11) is 0. The van der Waals surface area contributed by atoms with Gasteiger partial charge < -0.3 is 16.2 Å². The molecule has 5 N–H and O–H groups in total. The number of aliphatic hydroxyl groups excluding tert-OH is 1. The predicted molar refractivity (Wildman–Crippen MR) is 63.2 cm³/mol. The fourth-order valence-corrected chi connectivity index (χ4v) is 2.32. The Morgan fingerprint density at radius 3 is 2.41 bits per heavy atom. The molecule has 1 aliphatic rings. The smallest absolute Gasteiger partial charge is 0.318 e. The van der Waals surface area contributed by atoms with Crippen LogP contribution in [0.1, 0.15) is 32.1 Å². The maximum atomic E-state index is 11.2. The lowest BCUT2D eigenvalue weighted by Gasteiger charge is -2.35. The first-order valence-corrected chi connectivity index (χ1v) is 5.99. The van der Waals surface area contributed by atoms with Crippen molar-refractivity contribution in [2.24, 2.45) is 11.1 Å². The Bertz CT molecular complexity index is 275. The van der Waals surface area contributed by atoms with Crippen molar-refractivity contribution in [3.05, 3.63) is 0 Å². The second-order valence-electron chi connectivity index (χ2n) is 4.73. The second kappa shape index (κ2) is 6.56. The van der Waals surface area contributed by atoms with Gasteiger partial charge in [0.25, 0.3) is 0 Å². The van der Waals surface area contributed by atoms with Gasteiger partial charge in [0.05, 0.1) is 6.54 Å². The first kappa shape index (κ1) is 13.9. The summed E-state index contributed by atoms with van der Waals surface area (Å²) in [5.74, 6) is -0.443. The topological polar surface area (TPSA) is 104 Å². The van der Waals surface area contributed by atoms with E-state index < -0.39 is 11.9 Å². The van der Waals surface area contributed by atoms with E-state index in [-0.39, 0.29) is 18.6 Å². The quantitative estimate of drug-likeness (QED) is 0.532. The molecule has 3 amide bonds. The van der Waals surface area contributed by atoms with Crippen LogP contribution in [0.25, 0.3) is 0 Å². The largest absolute Gasteiger partial charge is 0.396 e. The normalized spacial score (nSPS) is 18.6. The SMILES string of the molecule is NC(=O)NC(=O)CNCC1(CO)CCCCC1. The molecule has 0 aromatic rings. The molecular weight excluding hydrogens is 222 g/mol. The highest BCUT2D eigenvalue weighted by Gasteiger charge is 2.30. The Kier molecular flexibility index (Phi) is 5.37. The third kappa shape index (κ3) is 4.70. The Balaban J connectivity index is 2.28. The zero-order valence-corrected chi connectivity index (χ0v) is 10.00. The highest BCUT2D eigenvalue weighted by molar-refractivity contribution is 5.94. The number of aliphatic hydroxyl groups is 1. The van der Waals surface area contributed by atoms with Gasteiger partial charge in [-0.25, -0.2) is 4.79 Å². The van der Waals surface area contributed by atoms with Gasteiger partial charge in [0, 0.05) is 18.6 Å². The minimum atomic E-state index is -0.841. The van der Waals surface area contributed by atoms with E-state index in [2.05, 4.69) is 5.32 Å². The molecule has 0 spiro atoms. The van der Waals surface area contributed by atoms with Crippen LogP contribution < -0.4 is 16.4 Å². The van der Waals surface area contributed by atoms with Crippen molar-refractivity contribution in [1.82, 2.24) is 10.6 Å². The monoisotopic (exact) mass is 243 g/mol. The van der Waals surface area contributed by atoms with Gasteiger partial charge in [0.2, 0.25) is 5.91 Å². The summed E-state index contributed by atoms with van der Waals surface area (Å²) in [6, 6.07) is -0.841. The molecule has 1 fully saturated rings. The number of carbonyl (C=O) groups is 2. The summed E-state index contributed by atoms with van der Waals surface area (Å²) in [5.41, 5.74) is 4.72. The van der Waals surface area contributed by atoms with E-state index in [1.54, 1.807) is 0 Å². The van der Waals surface area contributed by atoms with E-state index in [1.807, 2.05) is 5.32 Å². The van der Waals surface area contributed by atoms with Crippen LogP contribution in [0.15, 0.2) is 0 Å². The van der Waals surface area contributed by atoms with Crippen LogP contribution in [0.2, 0.25) is 0 Å². The van der Waals surface area contributed by atoms with Crippen molar-refractivity contribution in [1.29, 1.82) is 0 Å². The zero-order valence-electron chi connectivity index (χ0n) is 10.00. The van der Waals surface area contributed by atoms with Crippen LogP contribution in [0.5, 0.6) is 0 Å². The van der Waals surface area contributed by atoms with E-state index >= 15 is 0 Å². The van der Waals surface area contributed by atoms with E-state index in [9.17, 15) is 14.7 Å². The first-order chi connectivity index (χ1) is 8.08. The number of hydrogen-bond donors (Lipinski definition) is 4. The number of carbonyl (C=O) groups excluding carboxylic acids is 2. The molecule has 0 unspecified atom stereocenters. The molecule has 1 rings (SSSR count). The third-order valence-electron chi connectivity index (χ3n) is 3.30. The minimum absolute atomic E-state index is 0.0463. The molecule has 6 heteroatoms. The number of rotatable bonds is 5. The van der Waals surface area contributed by atoms with Crippen LogP contribution in [-0.2, 0) is 4.79 Å². The summed E-state index contributed by atoms with van der Waals surface area (Å²) in [6.45, 7) is 0.776. The first-order valence-electron chi connectivity index (χ1n) is 5.99. The average molecular weight is 243 g/mol. The van der Waals surface area contributed by atoms with Gasteiger partial charge in [-0.15, -0.1) is 0 Å².